The first kappa shape index (κ1) is 17.5. The Morgan fingerprint density at radius 3 is 2.05 bits per heavy atom. The standard InChI is InChI=1S/C12H15BrF3NO2S/c1-9(2)17(8-12(14,15)16)20(18,19)11-5-3-10(7-13)4-6-11/h3-6,9H,7-8H2,1-2H3. The van der Waals surface area contributed by atoms with Gasteiger partial charge >= 0.3 is 6.18 Å². The average molecular weight is 374 g/mol. The summed E-state index contributed by atoms with van der Waals surface area (Å²) in [5.41, 5.74) is 0.843. The van der Waals surface area contributed by atoms with Gasteiger partial charge in [0.1, 0.15) is 6.54 Å². The zero-order chi connectivity index (χ0) is 15.6. The zero-order valence-electron chi connectivity index (χ0n) is 11.0. The van der Waals surface area contributed by atoms with Gasteiger partial charge in [-0.15, -0.1) is 0 Å². The van der Waals surface area contributed by atoms with Crippen molar-refractivity contribution < 1.29 is 21.6 Å². The van der Waals surface area contributed by atoms with Crippen molar-refractivity contribution in [3.63, 3.8) is 0 Å². The van der Waals surface area contributed by atoms with E-state index in [-0.39, 0.29) is 4.90 Å². The maximum atomic E-state index is 12.5. The summed E-state index contributed by atoms with van der Waals surface area (Å²) in [6.07, 6.45) is -4.58. The van der Waals surface area contributed by atoms with Crippen LogP contribution in [0.5, 0.6) is 0 Å². The largest absolute Gasteiger partial charge is 0.402 e. The first-order chi connectivity index (χ1) is 9.08. The van der Waals surface area contributed by atoms with Gasteiger partial charge in [0, 0.05) is 11.4 Å². The third-order valence-electron chi connectivity index (χ3n) is 2.60. The third-order valence-corrected chi connectivity index (χ3v) is 5.28. The molecule has 114 valence electrons. The lowest BCUT2D eigenvalue weighted by molar-refractivity contribution is -0.138. The van der Waals surface area contributed by atoms with E-state index in [2.05, 4.69) is 15.9 Å². The maximum Gasteiger partial charge on any atom is 0.402 e. The van der Waals surface area contributed by atoms with Crippen LogP contribution in [-0.4, -0.2) is 31.5 Å². The van der Waals surface area contributed by atoms with E-state index in [9.17, 15) is 21.6 Å². The number of alkyl halides is 4. The molecule has 0 radical (unpaired) electrons. The summed E-state index contributed by atoms with van der Waals surface area (Å²) in [7, 11) is -4.16. The average Bonchev–Trinajstić information content (AvgIpc) is 2.34. The van der Waals surface area contributed by atoms with Crippen LogP contribution in [-0.2, 0) is 15.4 Å². The lowest BCUT2D eigenvalue weighted by Crippen LogP contribution is -2.43. The van der Waals surface area contributed by atoms with Crippen LogP contribution >= 0.6 is 15.9 Å². The highest BCUT2D eigenvalue weighted by Gasteiger charge is 2.38. The quantitative estimate of drug-likeness (QED) is 0.740. The van der Waals surface area contributed by atoms with E-state index < -0.39 is 28.8 Å². The van der Waals surface area contributed by atoms with Crippen LogP contribution in [0.3, 0.4) is 0 Å². The molecule has 1 aromatic carbocycles. The number of sulfonamides is 1. The van der Waals surface area contributed by atoms with Gasteiger partial charge in [0.2, 0.25) is 10.0 Å². The molecule has 20 heavy (non-hydrogen) atoms. The van der Waals surface area contributed by atoms with E-state index >= 15 is 0 Å². The number of rotatable bonds is 5. The molecule has 1 aromatic rings. The second-order valence-electron chi connectivity index (χ2n) is 4.54. The Morgan fingerprint density at radius 2 is 1.70 bits per heavy atom. The molecule has 1 rings (SSSR count). The van der Waals surface area contributed by atoms with Crippen molar-refractivity contribution in [2.75, 3.05) is 6.54 Å². The predicted octanol–water partition coefficient (Wildman–Crippen LogP) is 3.54. The maximum absolute atomic E-state index is 12.5. The number of hydrogen-bond donors (Lipinski definition) is 0. The Morgan fingerprint density at radius 1 is 1.20 bits per heavy atom. The van der Waals surface area contributed by atoms with E-state index in [0.717, 1.165) is 5.56 Å². The number of benzene rings is 1. The molecule has 0 bridgehead atoms. The first-order valence-electron chi connectivity index (χ1n) is 5.81. The van der Waals surface area contributed by atoms with Crippen molar-refractivity contribution in [3.8, 4) is 0 Å². The summed E-state index contributed by atoms with van der Waals surface area (Å²) in [5, 5.41) is 0.545. The minimum atomic E-state index is -4.58. The van der Waals surface area contributed by atoms with Crippen molar-refractivity contribution in [2.45, 2.75) is 36.3 Å². The van der Waals surface area contributed by atoms with Crippen molar-refractivity contribution in [2.24, 2.45) is 0 Å². The molecule has 0 fully saturated rings. The van der Waals surface area contributed by atoms with Crippen molar-refractivity contribution in [1.82, 2.24) is 4.31 Å². The number of hydrogen-bond acceptors (Lipinski definition) is 2. The highest BCUT2D eigenvalue weighted by molar-refractivity contribution is 9.08. The van der Waals surface area contributed by atoms with Crippen LogP contribution in [0.4, 0.5) is 13.2 Å². The molecule has 0 saturated carbocycles. The van der Waals surface area contributed by atoms with Crippen LogP contribution in [0.1, 0.15) is 19.4 Å². The van der Waals surface area contributed by atoms with Gasteiger partial charge in [-0.25, -0.2) is 8.42 Å². The number of halogens is 4. The molecule has 0 aliphatic rings. The molecule has 0 aromatic heterocycles. The fraction of sp³-hybridized carbons (Fsp3) is 0.500. The topological polar surface area (TPSA) is 37.4 Å². The van der Waals surface area contributed by atoms with Crippen molar-refractivity contribution in [3.05, 3.63) is 29.8 Å². The minimum absolute atomic E-state index is 0.139. The van der Waals surface area contributed by atoms with Gasteiger partial charge in [0.05, 0.1) is 4.90 Å². The summed E-state index contributed by atoms with van der Waals surface area (Å²) >= 11 is 3.22. The van der Waals surface area contributed by atoms with Gasteiger partial charge in [-0.05, 0) is 31.5 Å². The Hall–Kier alpha value is -0.600. The van der Waals surface area contributed by atoms with Gasteiger partial charge in [0.15, 0.2) is 0 Å². The number of nitrogens with zero attached hydrogens (tertiary/aromatic N) is 1. The molecular formula is C12H15BrF3NO2S. The van der Waals surface area contributed by atoms with Crippen LogP contribution in [0.25, 0.3) is 0 Å². The Labute approximate surface area is 125 Å². The van der Waals surface area contributed by atoms with Crippen LogP contribution in [0, 0.1) is 0 Å². The Kier molecular flexibility index (Phi) is 5.62. The van der Waals surface area contributed by atoms with Crippen LogP contribution in [0.2, 0.25) is 0 Å². The fourth-order valence-electron chi connectivity index (χ4n) is 1.61. The highest BCUT2D eigenvalue weighted by Crippen LogP contribution is 2.25. The second kappa shape index (κ2) is 6.44. The van der Waals surface area contributed by atoms with Gasteiger partial charge in [-0.2, -0.15) is 17.5 Å². The smallest absolute Gasteiger partial charge is 0.207 e. The van der Waals surface area contributed by atoms with Gasteiger partial charge in [0.25, 0.3) is 0 Å². The monoisotopic (exact) mass is 373 g/mol. The van der Waals surface area contributed by atoms with E-state index in [1.165, 1.54) is 26.0 Å². The second-order valence-corrected chi connectivity index (χ2v) is 6.99. The van der Waals surface area contributed by atoms with Gasteiger partial charge in [-0.3, -0.25) is 0 Å². The molecule has 0 aliphatic carbocycles. The molecule has 0 atom stereocenters. The minimum Gasteiger partial charge on any atom is -0.207 e. The summed E-state index contributed by atoms with van der Waals surface area (Å²) in [6.45, 7) is 1.33. The van der Waals surface area contributed by atoms with E-state index in [1.54, 1.807) is 12.1 Å². The van der Waals surface area contributed by atoms with Crippen LogP contribution < -0.4 is 0 Å². The summed E-state index contributed by atoms with van der Waals surface area (Å²) in [4.78, 5) is -0.139. The fourth-order valence-corrected chi connectivity index (χ4v) is 3.60. The Balaban J connectivity index is 3.15. The zero-order valence-corrected chi connectivity index (χ0v) is 13.4. The molecule has 0 aliphatic heterocycles. The lowest BCUT2D eigenvalue weighted by Gasteiger charge is -2.26. The van der Waals surface area contributed by atoms with Crippen molar-refractivity contribution in [1.29, 1.82) is 0 Å². The molecule has 0 N–H and O–H groups in total. The molecule has 0 spiro atoms. The predicted molar refractivity (Wildman–Crippen MR) is 74.2 cm³/mol. The molecular weight excluding hydrogens is 359 g/mol. The van der Waals surface area contributed by atoms with Crippen molar-refractivity contribution >= 4 is 26.0 Å². The van der Waals surface area contributed by atoms with Gasteiger partial charge in [-0.1, -0.05) is 28.1 Å². The molecule has 0 saturated heterocycles. The highest BCUT2D eigenvalue weighted by atomic mass is 79.9. The van der Waals surface area contributed by atoms with E-state index in [4.69, 9.17) is 0 Å². The lowest BCUT2D eigenvalue weighted by atomic mass is 10.2. The van der Waals surface area contributed by atoms with E-state index in [0.29, 0.717) is 9.64 Å². The molecule has 0 unspecified atom stereocenters. The first-order valence-corrected chi connectivity index (χ1v) is 8.37. The van der Waals surface area contributed by atoms with Crippen LogP contribution in [0.15, 0.2) is 29.2 Å². The normalized spacial score (nSPS) is 13.2. The Bertz CT molecular complexity index is 541. The summed E-state index contributed by atoms with van der Waals surface area (Å²) in [6, 6.07) is 4.98. The molecule has 0 amide bonds. The summed E-state index contributed by atoms with van der Waals surface area (Å²) < 4.78 is 62.5. The van der Waals surface area contributed by atoms with Gasteiger partial charge < -0.3 is 0 Å². The van der Waals surface area contributed by atoms with E-state index in [1.807, 2.05) is 0 Å². The molecule has 0 heterocycles. The SMILES string of the molecule is CC(C)N(CC(F)(F)F)S(=O)(=O)c1ccc(CBr)cc1. The third kappa shape index (κ3) is 4.46. The molecule has 8 heteroatoms. The molecule has 3 nitrogen and oxygen atoms in total. The summed E-state index contributed by atoms with van der Waals surface area (Å²) in [5.74, 6) is 0.